The van der Waals surface area contributed by atoms with Crippen LogP contribution >= 0.6 is 0 Å². The van der Waals surface area contributed by atoms with Gasteiger partial charge >= 0.3 is 17.1 Å². The van der Waals surface area contributed by atoms with Crippen molar-refractivity contribution < 1.29 is 22.2 Å². The summed E-state index contributed by atoms with van der Waals surface area (Å²) < 4.78 is 24.2. The molecular weight excluding hydrogens is 324 g/mol. The van der Waals surface area contributed by atoms with Crippen LogP contribution in [0.25, 0.3) is 0 Å². The summed E-state index contributed by atoms with van der Waals surface area (Å²) in [6.45, 7) is 17.2. The lowest BCUT2D eigenvalue weighted by Crippen LogP contribution is -2.57. The number of hydrogen-bond donors (Lipinski definition) is 1. The topological polar surface area (TPSA) is 57.2 Å². The third-order valence-corrected chi connectivity index (χ3v) is 14.2. The summed E-state index contributed by atoms with van der Waals surface area (Å²) in [6.07, 6.45) is 0.439. The number of ether oxygens (including phenoxy) is 1. The van der Waals surface area contributed by atoms with E-state index in [1.165, 1.54) is 0 Å². The molecule has 0 aromatic heterocycles. The molecule has 0 amide bonds. The maximum absolute atomic E-state index is 8.84. The minimum atomic E-state index is -2.41. The smallest absolute Gasteiger partial charge is 0.342 e. The quantitative estimate of drug-likeness (QED) is 0.482. The van der Waals surface area contributed by atoms with Crippen LogP contribution in [-0.4, -0.2) is 59.0 Å². The van der Waals surface area contributed by atoms with E-state index < -0.39 is 34.5 Å². The van der Waals surface area contributed by atoms with Crippen LogP contribution < -0.4 is 0 Å². The first-order chi connectivity index (χ1) is 8.89. The minimum Gasteiger partial charge on any atom is -0.437 e. The van der Waals surface area contributed by atoms with E-state index in [4.69, 9.17) is 22.2 Å². The maximum Gasteiger partial charge on any atom is 0.342 e. The van der Waals surface area contributed by atoms with Crippen molar-refractivity contribution in [3.8, 4) is 0 Å². The van der Waals surface area contributed by atoms with E-state index in [-0.39, 0.29) is 6.61 Å². The standard InChI is InChI=1S/C11H31O5Si4/c1-17(2)14-20(8,11-13-10-9-12)16-19(6,7)15-18(3,4)5/h12H,9-11H2,1-8H3. The Labute approximate surface area is 128 Å². The zero-order valence-electron chi connectivity index (χ0n) is 14.2. The van der Waals surface area contributed by atoms with E-state index in [1.807, 2.05) is 6.55 Å². The van der Waals surface area contributed by atoms with Gasteiger partial charge in [0.2, 0.25) is 0 Å². The molecule has 0 heterocycles. The van der Waals surface area contributed by atoms with Crippen LogP contribution in [0.2, 0.25) is 52.4 Å². The Kier molecular flexibility index (Phi) is 8.62. The molecule has 0 saturated heterocycles. The van der Waals surface area contributed by atoms with Gasteiger partial charge in [-0.05, 0) is 52.4 Å². The van der Waals surface area contributed by atoms with Crippen molar-refractivity contribution in [1.29, 1.82) is 0 Å². The zero-order valence-corrected chi connectivity index (χ0v) is 18.2. The zero-order chi connectivity index (χ0) is 16.0. The second kappa shape index (κ2) is 8.34. The van der Waals surface area contributed by atoms with Gasteiger partial charge in [0.25, 0.3) is 0 Å². The molecule has 0 saturated carbocycles. The molecule has 5 nitrogen and oxygen atoms in total. The summed E-state index contributed by atoms with van der Waals surface area (Å²) in [7, 11) is -7.15. The number of rotatable bonds is 10. The number of aliphatic hydroxyl groups is 1. The average molecular weight is 356 g/mol. The highest BCUT2D eigenvalue weighted by Gasteiger charge is 2.43. The lowest BCUT2D eigenvalue weighted by Gasteiger charge is -2.39. The summed E-state index contributed by atoms with van der Waals surface area (Å²) in [5, 5.41) is 8.84. The van der Waals surface area contributed by atoms with E-state index in [9.17, 15) is 0 Å². The van der Waals surface area contributed by atoms with Crippen molar-refractivity contribution >= 4 is 34.5 Å². The molecule has 0 aromatic rings. The lowest BCUT2D eigenvalue weighted by atomic mass is 10.8. The Balaban J connectivity index is 4.77. The Morgan fingerprint density at radius 1 is 0.950 bits per heavy atom. The average Bonchev–Trinajstić information content (AvgIpc) is 2.10. The summed E-state index contributed by atoms with van der Waals surface area (Å²) in [5.74, 6) is 0. The van der Waals surface area contributed by atoms with Crippen molar-refractivity contribution in [3.05, 3.63) is 0 Å². The van der Waals surface area contributed by atoms with Crippen molar-refractivity contribution in [2.45, 2.75) is 52.4 Å². The van der Waals surface area contributed by atoms with Crippen LogP contribution in [0.3, 0.4) is 0 Å². The van der Waals surface area contributed by atoms with Gasteiger partial charge in [-0.15, -0.1) is 0 Å². The number of aliphatic hydroxyl groups excluding tert-OH is 1. The van der Waals surface area contributed by atoms with E-state index >= 15 is 0 Å². The highest BCUT2D eigenvalue weighted by atomic mass is 28.5. The van der Waals surface area contributed by atoms with Crippen molar-refractivity contribution in [2.24, 2.45) is 0 Å². The molecule has 0 bridgehead atoms. The first-order valence-electron chi connectivity index (χ1n) is 6.97. The summed E-state index contributed by atoms with van der Waals surface area (Å²) in [6, 6.07) is 0. The number of hydrogen-bond acceptors (Lipinski definition) is 5. The first-order valence-corrected chi connectivity index (χ1v) is 18.1. The van der Waals surface area contributed by atoms with Gasteiger partial charge in [0.05, 0.1) is 19.4 Å². The van der Waals surface area contributed by atoms with Crippen LogP contribution in [0.5, 0.6) is 0 Å². The fourth-order valence-corrected chi connectivity index (χ4v) is 17.7. The predicted octanol–water partition coefficient (Wildman–Crippen LogP) is 2.44. The van der Waals surface area contributed by atoms with Gasteiger partial charge in [0.1, 0.15) is 0 Å². The van der Waals surface area contributed by atoms with Gasteiger partial charge in [-0.1, -0.05) is 0 Å². The fraction of sp³-hybridized carbons (Fsp3) is 1.00. The Morgan fingerprint density at radius 3 is 1.90 bits per heavy atom. The van der Waals surface area contributed by atoms with Gasteiger partial charge in [0, 0.05) is 0 Å². The van der Waals surface area contributed by atoms with E-state index in [0.29, 0.717) is 12.8 Å². The van der Waals surface area contributed by atoms with E-state index in [1.54, 1.807) is 0 Å². The second-order valence-corrected chi connectivity index (χ2v) is 20.5. The van der Waals surface area contributed by atoms with Crippen molar-refractivity contribution in [3.63, 3.8) is 0 Å². The Bertz CT molecular complexity index is 282. The molecule has 1 N–H and O–H groups in total. The third-order valence-electron chi connectivity index (χ3n) is 2.03. The molecule has 0 aliphatic rings. The van der Waals surface area contributed by atoms with Gasteiger partial charge in [-0.25, -0.2) is 0 Å². The van der Waals surface area contributed by atoms with Crippen LogP contribution in [0, 0.1) is 0 Å². The molecule has 9 heteroatoms. The molecule has 0 fully saturated rings. The van der Waals surface area contributed by atoms with Crippen molar-refractivity contribution in [2.75, 3.05) is 19.4 Å². The second-order valence-electron chi connectivity index (χ2n) is 6.64. The van der Waals surface area contributed by atoms with Crippen LogP contribution in [0.15, 0.2) is 0 Å². The van der Waals surface area contributed by atoms with Crippen LogP contribution in [-0.2, 0) is 17.1 Å². The first kappa shape index (κ1) is 20.7. The molecule has 1 radical (unpaired) electrons. The highest BCUT2D eigenvalue weighted by Crippen LogP contribution is 2.22. The lowest BCUT2D eigenvalue weighted by molar-refractivity contribution is 0.104. The van der Waals surface area contributed by atoms with Gasteiger partial charge in [-0.3, -0.25) is 0 Å². The predicted molar refractivity (Wildman–Crippen MR) is 91.1 cm³/mol. The van der Waals surface area contributed by atoms with Gasteiger partial charge < -0.3 is 22.2 Å². The van der Waals surface area contributed by atoms with Gasteiger partial charge in [-0.2, -0.15) is 0 Å². The Morgan fingerprint density at radius 2 is 1.50 bits per heavy atom. The maximum atomic E-state index is 8.84. The largest absolute Gasteiger partial charge is 0.437 e. The van der Waals surface area contributed by atoms with Crippen LogP contribution in [0.4, 0.5) is 0 Å². The molecule has 20 heavy (non-hydrogen) atoms. The minimum absolute atomic E-state index is 0.0206. The van der Waals surface area contributed by atoms with E-state index in [2.05, 4.69) is 45.8 Å². The molecule has 1 atom stereocenters. The Hall–Kier alpha value is 0.668. The normalized spacial score (nSPS) is 16.5. The molecule has 0 aromatic carbocycles. The monoisotopic (exact) mass is 355 g/mol. The molecular formula is C11H31O5Si4. The van der Waals surface area contributed by atoms with Crippen LogP contribution in [0.1, 0.15) is 0 Å². The molecule has 0 aliphatic heterocycles. The molecule has 121 valence electrons. The SMILES string of the molecule is C[Si](C)O[Si](C)(COCCO)O[Si](C)(C)O[Si](C)(C)C. The highest BCUT2D eigenvalue weighted by molar-refractivity contribution is 6.87. The molecule has 0 spiro atoms. The molecule has 0 aliphatic carbocycles. The summed E-state index contributed by atoms with van der Waals surface area (Å²) in [5.41, 5.74) is 0. The molecule has 0 rings (SSSR count). The van der Waals surface area contributed by atoms with E-state index in [0.717, 1.165) is 0 Å². The van der Waals surface area contributed by atoms with Crippen molar-refractivity contribution in [1.82, 2.24) is 0 Å². The third kappa shape index (κ3) is 10.4. The van der Waals surface area contributed by atoms with Gasteiger partial charge in [0.15, 0.2) is 17.4 Å². The summed E-state index contributed by atoms with van der Waals surface area (Å²) in [4.78, 5) is 0. The molecule has 1 unspecified atom stereocenters. The summed E-state index contributed by atoms with van der Waals surface area (Å²) >= 11 is 0. The fourth-order valence-electron chi connectivity index (χ4n) is 2.11.